The maximum atomic E-state index is 13.0. The van der Waals surface area contributed by atoms with E-state index < -0.39 is 0 Å². The van der Waals surface area contributed by atoms with Gasteiger partial charge in [0.15, 0.2) is 0 Å². The monoisotopic (exact) mass is 552 g/mol. The Morgan fingerprint density at radius 2 is 1.68 bits per heavy atom. The molecule has 0 unspecified atom stereocenters. The highest BCUT2D eigenvalue weighted by Crippen LogP contribution is 2.31. The predicted molar refractivity (Wildman–Crippen MR) is 152 cm³/mol. The van der Waals surface area contributed by atoms with Crippen LogP contribution in [0.25, 0.3) is 11.1 Å². The molecule has 7 nitrogen and oxygen atoms in total. The van der Waals surface area contributed by atoms with Gasteiger partial charge in [-0.25, -0.2) is 0 Å². The first-order valence-corrected chi connectivity index (χ1v) is 13.5. The van der Waals surface area contributed by atoms with E-state index >= 15 is 0 Å². The number of phenolic OH excluding ortho intramolecular Hbond substituents is 1. The van der Waals surface area contributed by atoms with Crippen LogP contribution in [0.4, 0.5) is 11.4 Å². The quantitative estimate of drug-likeness (QED) is 0.422. The molecule has 2 N–H and O–H groups in total. The lowest BCUT2D eigenvalue weighted by molar-refractivity contribution is -0.132. The Kier molecular flexibility index (Phi) is 8.07. The van der Waals surface area contributed by atoms with Crippen LogP contribution < -0.4 is 10.2 Å². The van der Waals surface area contributed by atoms with Crippen LogP contribution in [0.15, 0.2) is 66.7 Å². The number of nitrogens with zero attached hydrogens (tertiary/aromatic N) is 3. The van der Waals surface area contributed by atoms with Gasteiger partial charge in [0.2, 0.25) is 11.8 Å². The maximum absolute atomic E-state index is 13.0. The van der Waals surface area contributed by atoms with Crippen molar-refractivity contribution in [1.82, 2.24) is 9.80 Å². The number of nitrogens with one attached hydrogen (secondary N) is 1. The third-order valence-electron chi connectivity index (χ3n) is 7.25. The van der Waals surface area contributed by atoms with E-state index in [1.165, 1.54) is 12.1 Å². The Morgan fingerprint density at radius 3 is 2.45 bits per heavy atom. The fraction of sp³-hybridized carbons (Fsp3) is 0.310. The number of piperazine rings is 1. The standard InChI is InChI=1S/C29H30Cl2N4O3/c30-25-7-2-1-6-24(25)20-4-3-5-23(16-20)34-12-14-35(15-13-34)28(37)19-33-11-10-21(18-33)29(38)32-22-8-9-27(36)26(31)17-22/h1-9,16-17,21,36H,10-15,18-19H2,(H,32,38)/t21-/m1/s1. The molecule has 0 aliphatic carbocycles. The lowest BCUT2D eigenvalue weighted by atomic mass is 10.0. The van der Waals surface area contributed by atoms with E-state index in [1.807, 2.05) is 35.2 Å². The fourth-order valence-corrected chi connectivity index (χ4v) is 5.52. The summed E-state index contributed by atoms with van der Waals surface area (Å²) in [5.74, 6) is -0.227. The lowest BCUT2D eigenvalue weighted by Crippen LogP contribution is -2.51. The van der Waals surface area contributed by atoms with Crippen molar-refractivity contribution in [2.75, 3.05) is 56.0 Å². The average Bonchev–Trinajstić information content (AvgIpc) is 3.40. The second kappa shape index (κ2) is 11.6. The van der Waals surface area contributed by atoms with Gasteiger partial charge in [-0.05, 0) is 54.9 Å². The van der Waals surface area contributed by atoms with Crippen LogP contribution in [-0.4, -0.2) is 72.5 Å². The number of benzene rings is 3. The largest absolute Gasteiger partial charge is 0.506 e. The zero-order chi connectivity index (χ0) is 26.6. The zero-order valence-electron chi connectivity index (χ0n) is 20.9. The summed E-state index contributed by atoms with van der Waals surface area (Å²) in [5.41, 5.74) is 3.75. The van der Waals surface area contributed by atoms with E-state index in [4.69, 9.17) is 23.2 Å². The Morgan fingerprint density at radius 1 is 0.895 bits per heavy atom. The molecule has 3 aromatic rings. The predicted octanol–water partition coefficient (Wildman–Crippen LogP) is 4.98. The Balaban J connectivity index is 1.10. The summed E-state index contributed by atoms with van der Waals surface area (Å²) in [7, 11) is 0. The molecule has 0 bridgehead atoms. The highest BCUT2D eigenvalue weighted by Gasteiger charge is 2.31. The molecule has 2 fully saturated rings. The summed E-state index contributed by atoms with van der Waals surface area (Å²) in [6, 6.07) is 20.8. The number of carbonyl (C=O) groups excluding carboxylic acids is 2. The van der Waals surface area contributed by atoms with Gasteiger partial charge in [-0.2, -0.15) is 0 Å². The number of hydrogen-bond acceptors (Lipinski definition) is 5. The lowest BCUT2D eigenvalue weighted by Gasteiger charge is -2.37. The van der Waals surface area contributed by atoms with Gasteiger partial charge in [-0.1, -0.05) is 53.5 Å². The molecule has 198 valence electrons. The molecule has 38 heavy (non-hydrogen) atoms. The van der Waals surface area contributed by atoms with Crippen molar-refractivity contribution in [1.29, 1.82) is 0 Å². The Labute approximate surface area is 232 Å². The minimum Gasteiger partial charge on any atom is -0.506 e. The number of amides is 2. The van der Waals surface area contributed by atoms with Crippen molar-refractivity contribution in [3.05, 3.63) is 76.8 Å². The van der Waals surface area contributed by atoms with Gasteiger partial charge in [-0.3, -0.25) is 14.5 Å². The molecule has 9 heteroatoms. The maximum Gasteiger partial charge on any atom is 0.236 e. The van der Waals surface area contributed by atoms with E-state index in [2.05, 4.69) is 33.3 Å². The van der Waals surface area contributed by atoms with Gasteiger partial charge < -0.3 is 20.2 Å². The zero-order valence-corrected chi connectivity index (χ0v) is 22.5. The Hall–Kier alpha value is -3.26. The number of likely N-dealkylation sites (tertiary alicyclic amines) is 1. The van der Waals surface area contributed by atoms with Crippen LogP contribution >= 0.6 is 23.2 Å². The van der Waals surface area contributed by atoms with Gasteiger partial charge in [0.1, 0.15) is 5.75 Å². The first-order valence-electron chi connectivity index (χ1n) is 12.8. The number of hydrogen-bond donors (Lipinski definition) is 2. The first-order chi connectivity index (χ1) is 18.4. The van der Waals surface area contributed by atoms with E-state index in [0.717, 1.165) is 34.9 Å². The Bertz CT molecular complexity index is 1330. The summed E-state index contributed by atoms with van der Waals surface area (Å²) in [6.45, 7) is 4.41. The fourth-order valence-electron chi connectivity index (χ4n) is 5.09. The topological polar surface area (TPSA) is 76.1 Å². The summed E-state index contributed by atoms with van der Waals surface area (Å²) in [4.78, 5) is 32.0. The molecular weight excluding hydrogens is 523 g/mol. The number of aromatic hydroxyl groups is 1. The molecule has 2 aliphatic heterocycles. The minimum atomic E-state index is -0.197. The normalized spacial score (nSPS) is 18.0. The molecule has 0 spiro atoms. The van der Waals surface area contributed by atoms with Crippen LogP contribution in [0.2, 0.25) is 10.0 Å². The van der Waals surface area contributed by atoms with Crippen molar-refractivity contribution in [2.45, 2.75) is 6.42 Å². The molecule has 0 saturated carbocycles. The molecule has 5 rings (SSSR count). The molecular formula is C29H30Cl2N4O3. The van der Waals surface area contributed by atoms with Crippen molar-refractivity contribution < 1.29 is 14.7 Å². The second-order valence-corrected chi connectivity index (χ2v) is 10.6. The summed E-state index contributed by atoms with van der Waals surface area (Å²) in [6.07, 6.45) is 0.695. The number of halogens is 2. The SMILES string of the molecule is O=C(Nc1ccc(O)c(Cl)c1)[C@@H]1CCN(CC(=O)N2CCN(c3cccc(-c4ccccc4Cl)c3)CC2)C1. The van der Waals surface area contributed by atoms with Crippen molar-refractivity contribution in [3.8, 4) is 16.9 Å². The highest BCUT2D eigenvalue weighted by molar-refractivity contribution is 6.33. The highest BCUT2D eigenvalue weighted by atomic mass is 35.5. The van der Waals surface area contributed by atoms with Crippen molar-refractivity contribution in [3.63, 3.8) is 0 Å². The van der Waals surface area contributed by atoms with Crippen molar-refractivity contribution in [2.24, 2.45) is 5.92 Å². The van der Waals surface area contributed by atoms with E-state index in [9.17, 15) is 14.7 Å². The van der Waals surface area contributed by atoms with Gasteiger partial charge in [0.25, 0.3) is 0 Å². The minimum absolute atomic E-state index is 0.0262. The summed E-state index contributed by atoms with van der Waals surface area (Å²) in [5, 5.41) is 13.3. The second-order valence-electron chi connectivity index (χ2n) is 9.77. The van der Waals surface area contributed by atoms with Crippen LogP contribution in [0.1, 0.15) is 6.42 Å². The number of rotatable bonds is 6. The molecule has 2 amide bonds. The molecule has 2 aliphatic rings. The summed E-state index contributed by atoms with van der Waals surface area (Å²) >= 11 is 12.3. The summed E-state index contributed by atoms with van der Waals surface area (Å²) < 4.78 is 0. The van der Waals surface area contributed by atoms with E-state index in [-0.39, 0.29) is 28.5 Å². The van der Waals surface area contributed by atoms with Crippen LogP contribution in [-0.2, 0) is 9.59 Å². The van der Waals surface area contributed by atoms with Gasteiger partial charge in [0.05, 0.1) is 17.5 Å². The van der Waals surface area contributed by atoms with Crippen LogP contribution in [0.3, 0.4) is 0 Å². The number of phenols is 1. The van der Waals surface area contributed by atoms with Crippen molar-refractivity contribution >= 4 is 46.4 Å². The molecule has 2 saturated heterocycles. The average molecular weight is 553 g/mol. The van der Waals surface area contributed by atoms with Gasteiger partial charge >= 0.3 is 0 Å². The third kappa shape index (κ3) is 6.07. The first kappa shape index (κ1) is 26.4. The van der Waals surface area contributed by atoms with Gasteiger partial charge in [0, 0.05) is 54.7 Å². The smallest absolute Gasteiger partial charge is 0.236 e. The third-order valence-corrected chi connectivity index (χ3v) is 7.88. The van der Waals surface area contributed by atoms with Crippen LogP contribution in [0.5, 0.6) is 5.75 Å². The number of carbonyl (C=O) groups is 2. The molecule has 0 radical (unpaired) electrons. The van der Waals surface area contributed by atoms with Crippen LogP contribution in [0, 0.1) is 5.92 Å². The van der Waals surface area contributed by atoms with E-state index in [0.29, 0.717) is 44.8 Å². The van der Waals surface area contributed by atoms with Gasteiger partial charge in [-0.15, -0.1) is 0 Å². The number of anilines is 2. The molecule has 2 heterocycles. The molecule has 3 aromatic carbocycles. The van der Waals surface area contributed by atoms with E-state index in [1.54, 1.807) is 6.07 Å². The molecule has 1 atom stereocenters. The molecule has 0 aromatic heterocycles.